The number of amides is 2. The van der Waals surface area contributed by atoms with Gasteiger partial charge in [0.2, 0.25) is 12.7 Å². The summed E-state index contributed by atoms with van der Waals surface area (Å²) < 4.78 is 37.4. The van der Waals surface area contributed by atoms with E-state index in [9.17, 15) is 18.0 Å². The lowest BCUT2D eigenvalue weighted by Crippen LogP contribution is -2.32. The van der Waals surface area contributed by atoms with Gasteiger partial charge in [0.1, 0.15) is 0 Å². The number of aromatic nitrogens is 1. The molecule has 0 saturated heterocycles. The number of ether oxygens (including phenoxy) is 2. The van der Waals surface area contributed by atoms with Gasteiger partial charge in [0.25, 0.3) is 15.9 Å². The molecule has 160 valence electrons. The third-order valence-electron chi connectivity index (χ3n) is 4.15. The van der Waals surface area contributed by atoms with Crippen molar-refractivity contribution in [1.29, 1.82) is 0 Å². The lowest BCUT2D eigenvalue weighted by Gasteiger charge is -2.09. The maximum atomic E-state index is 12.3. The van der Waals surface area contributed by atoms with Crippen molar-refractivity contribution in [2.75, 3.05) is 23.4 Å². The highest BCUT2D eigenvalue weighted by Crippen LogP contribution is 2.32. The first-order valence-electron chi connectivity index (χ1n) is 8.91. The second-order valence-corrected chi connectivity index (χ2v) is 8.84. The Morgan fingerprint density at radius 1 is 1.06 bits per heavy atom. The smallest absolute Gasteiger partial charge is 0.263 e. The molecule has 0 bridgehead atoms. The SMILES string of the molecule is O=C(CNC(=O)c1ccc2c(c1)OCO2)Nc1ccc(S(=O)(=O)Nc2nccs2)cc1. The van der Waals surface area contributed by atoms with Crippen LogP contribution in [0.2, 0.25) is 0 Å². The van der Waals surface area contributed by atoms with E-state index in [2.05, 4.69) is 20.3 Å². The number of anilines is 2. The Hall–Kier alpha value is -3.64. The highest BCUT2D eigenvalue weighted by Gasteiger charge is 2.17. The van der Waals surface area contributed by atoms with Gasteiger partial charge < -0.3 is 20.1 Å². The zero-order valence-electron chi connectivity index (χ0n) is 15.8. The minimum absolute atomic E-state index is 0.0248. The fourth-order valence-corrected chi connectivity index (χ4v) is 4.46. The van der Waals surface area contributed by atoms with Crippen LogP contribution in [0.15, 0.2) is 58.9 Å². The number of carbonyl (C=O) groups excluding carboxylic acids is 2. The maximum absolute atomic E-state index is 12.3. The van der Waals surface area contributed by atoms with E-state index in [0.29, 0.717) is 22.7 Å². The fourth-order valence-electron chi connectivity index (χ4n) is 2.67. The Balaban J connectivity index is 1.31. The third kappa shape index (κ3) is 4.92. The number of hydrogen-bond donors (Lipinski definition) is 3. The van der Waals surface area contributed by atoms with E-state index < -0.39 is 21.8 Å². The van der Waals surface area contributed by atoms with Gasteiger partial charge >= 0.3 is 0 Å². The molecule has 10 nitrogen and oxygen atoms in total. The molecular weight excluding hydrogens is 444 g/mol. The molecule has 0 unspecified atom stereocenters. The van der Waals surface area contributed by atoms with E-state index in [1.807, 2.05) is 0 Å². The van der Waals surface area contributed by atoms with Crippen LogP contribution in [-0.2, 0) is 14.8 Å². The molecule has 0 atom stereocenters. The van der Waals surface area contributed by atoms with Gasteiger partial charge in [0.15, 0.2) is 16.6 Å². The summed E-state index contributed by atoms with van der Waals surface area (Å²) in [5, 5.41) is 7.02. The second kappa shape index (κ2) is 8.62. The minimum Gasteiger partial charge on any atom is -0.454 e. The van der Waals surface area contributed by atoms with Crippen molar-refractivity contribution in [3.8, 4) is 11.5 Å². The predicted molar refractivity (Wildman–Crippen MR) is 113 cm³/mol. The molecule has 31 heavy (non-hydrogen) atoms. The van der Waals surface area contributed by atoms with Gasteiger partial charge in [-0.3, -0.25) is 14.3 Å². The zero-order valence-corrected chi connectivity index (χ0v) is 17.5. The first-order valence-corrected chi connectivity index (χ1v) is 11.3. The van der Waals surface area contributed by atoms with Crippen molar-refractivity contribution in [2.45, 2.75) is 4.90 Å². The number of hydrogen-bond acceptors (Lipinski definition) is 8. The van der Waals surface area contributed by atoms with E-state index in [1.54, 1.807) is 17.5 Å². The number of rotatable bonds is 7. The number of nitrogens with zero attached hydrogens (tertiary/aromatic N) is 1. The summed E-state index contributed by atoms with van der Waals surface area (Å²) in [5.74, 6) is 0.117. The molecule has 0 saturated carbocycles. The van der Waals surface area contributed by atoms with Crippen LogP contribution in [0.25, 0.3) is 0 Å². The zero-order chi connectivity index (χ0) is 21.8. The van der Waals surface area contributed by atoms with Crippen LogP contribution in [0.1, 0.15) is 10.4 Å². The van der Waals surface area contributed by atoms with Crippen LogP contribution in [0.4, 0.5) is 10.8 Å². The second-order valence-electron chi connectivity index (χ2n) is 6.27. The van der Waals surface area contributed by atoms with Gasteiger partial charge in [-0.05, 0) is 42.5 Å². The molecule has 4 rings (SSSR count). The standard InChI is InChI=1S/C19H16N4O6S2/c24-17(10-21-18(25)12-1-6-15-16(9-12)29-11-28-15)22-13-2-4-14(5-3-13)31(26,27)23-19-20-7-8-30-19/h1-9H,10-11H2,(H,20,23)(H,21,25)(H,22,24). The van der Waals surface area contributed by atoms with Crippen molar-refractivity contribution in [1.82, 2.24) is 10.3 Å². The van der Waals surface area contributed by atoms with Gasteiger partial charge in [0.05, 0.1) is 11.4 Å². The van der Waals surface area contributed by atoms with Crippen LogP contribution >= 0.6 is 11.3 Å². The summed E-state index contributed by atoms with van der Waals surface area (Å²) in [6.45, 7) is -0.164. The lowest BCUT2D eigenvalue weighted by molar-refractivity contribution is -0.115. The predicted octanol–water partition coefficient (Wildman–Crippen LogP) is 2.04. The quantitative estimate of drug-likeness (QED) is 0.491. The monoisotopic (exact) mass is 460 g/mol. The summed E-state index contributed by atoms with van der Waals surface area (Å²) in [4.78, 5) is 28.2. The molecule has 0 spiro atoms. The number of thiazole rings is 1. The fraction of sp³-hybridized carbons (Fsp3) is 0.105. The summed E-state index contributed by atoms with van der Waals surface area (Å²) in [6.07, 6.45) is 1.49. The maximum Gasteiger partial charge on any atom is 0.263 e. The summed E-state index contributed by atoms with van der Waals surface area (Å²) in [6, 6.07) is 10.3. The Kier molecular flexibility index (Phi) is 5.73. The van der Waals surface area contributed by atoms with Crippen molar-refractivity contribution in [2.24, 2.45) is 0 Å². The van der Waals surface area contributed by atoms with Crippen molar-refractivity contribution >= 4 is 44.0 Å². The van der Waals surface area contributed by atoms with Crippen molar-refractivity contribution in [3.05, 3.63) is 59.6 Å². The van der Waals surface area contributed by atoms with Gasteiger partial charge in [-0.2, -0.15) is 0 Å². The molecule has 1 aromatic heterocycles. The van der Waals surface area contributed by atoms with Crippen LogP contribution in [0.3, 0.4) is 0 Å². The topological polar surface area (TPSA) is 136 Å². The summed E-state index contributed by atoms with van der Waals surface area (Å²) in [7, 11) is -3.78. The van der Waals surface area contributed by atoms with Crippen molar-refractivity contribution < 1.29 is 27.5 Å². The normalized spacial score (nSPS) is 12.3. The molecule has 3 N–H and O–H groups in total. The molecule has 0 radical (unpaired) electrons. The van der Waals surface area contributed by atoms with E-state index in [1.165, 1.54) is 36.5 Å². The first kappa shape index (κ1) is 20.6. The van der Waals surface area contributed by atoms with Gasteiger partial charge in [0, 0.05) is 22.8 Å². The number of nitrogens with one attached hydrogen (secondary N) is 3. The molecule has 1 aliphatic rings. The van der Waals surface area contributed by atoms with Gasteiger partial charge in [-0.1, -0.05) is 0 Å². The molecule has 2 aromatic carbocycles. The Morgan fingerprint density at radius 2 is 1.84 bits per heavy atom. The highest BCUT2D eigenvalue weighted by molar-refractivity contribution is 7.93. The molecule has 0 fully saturated rings. The Labute approximate surface area is 181 Å². The minimum atomic E-state index is -3.78. The van der Waals surface area contributed by atoms with Gasteiger partial charge in [-0.15, -0.1) is 11.3 Å². The molecule has 12 heteroatoms. The average molecular weight is 460 g/mol. The van der Waals surface area contributed by atoms with E-state index in [-0.39, 0.29) is 23.4 Å². The highest BCUT2D eigenvalue weighted by atomic mass is 32.2. The van der Waals surface area contributed by atoms with E-state index in [0.717, 1.165) is 11.3 Å². The summed E-state index contributed by atoms with van der Waals surface area (Å²) in [5.41, 5.74) is 0.717. The summed E-state index contributed by atoms with van der Waals surface area (Å²) >= 11 is 1.16. The van der Waals surface area contributed by atoms with Gasteiger partial charge in [-0.25, -0.2) is 13.4 Å². The van der Waals surface area contributed by atoms with Crippen LogP contribution < -0.4 is 24.8 Å². The van der Waals surface area contributed by atoms with Crippen molar-refractivity contribution in [3.63, 3.8) is 0 Å². The number of fused-ring (bicyclic) bond motifs is 1. The number of benzene rings is 2. The lowest BCUT2D eigenvalue weighted by atomic mass is 10.2. The third-order valence-corrected chi connectivity index (χ3v) is 6.32. The molecule has 0 aliphatic carbocycles. The molecule has 2 amide bonds. The molecule has 3 aromatic rings. The van der Waals surface area contributed by atoms with Crippen LogP contribution in [0, 0.1) is 0 Å². The molecular formula is C19H16N4O6S2. The van der Waals surface area contributed by atoms with E-state index in [4.69, 9.17) is 9.47 Å². The molecule has 2 heterocycles. The number of sulfonamides is 1. The number of carbonyl (C=O) groups is 2. The Morgan fingerprint density at radius 3 is 2.58 bits per heavy atom. The van der Waals surface area contributed by atoms with Crippen LogP contribution in [0.5, 0.6) is 11.5 Å². The first-order chi connectivity index (χ1) is 14.9. The van der Waals surface area contributed by atoms with Crippen LogP contribution in [-0.4, -0.2) is 38.6 Å². The largest absolute Gasteiger partial charge is 0.454 e. The van der Waals surface area contributed by atoms with E-state index >= 15 is 0 Å². The Bertz CT molecular complexity index is 1210. The molecule has 1 aliphatic heterocycles. The average Bonchev–Trinajstić information content (AvgIpc) is 3.43.